The predicted octanol–water partition coefficient (Wildman–Crippen LogP) is 6.07. The van der Waals surface area contributed by atoms with Gasteiger partial charge < -0.3 is 14.6 Å². The second kappa shape index (κ2) is 7.13. The first-order valence-electron chi connectivity index (χ1n) is 8.33. The molecule has 4 aromatic rings. The number of benzene rings is 3. The number of fused-ring (bicyclic) bond motifs is 1. The summed E-state index contributed by atoms with van der Waals surface area (Å²) in [6.45, 7) is 0. The largest absolute Gasteiger partial charge is 0.497 e. The second-order valence-corrected chi connectivity index (χ2v) is 6.98. The lowest BCUT2D eigenvalue weighted by Gasteiger charge is -2.09. The molecular weight excluding hydrogens is 360 g/mol. The third-order valence-electron chi connectivity index (χ3n) is 4.20. The number of hydrogen-bond donors (Lipinski definition) is 1. The fraction of sp³-hybridized carbons (Fsp3) is 0.0455. The Morgan fingerprint density at radius 3 is 2.41 bits per heavy atom. The number of carbonyl (C=O) groups is 1. The number of aromatic carboxylic acids is 1. The van der Waals surface area contributed by atoms with Gasteiger partial charge in [-0.05, 0) is 41.5 Å². The van der Waals surface area contributed by atoms with Crippen LogP contribution in [0.3, 0.4) is 0 Å². The van der Waals surface area contributed by atoms with Crippen molar-refractivity contribution in [2.75, 3.05) is 7.11 Å². The summed E-state index contributed by atoms with van der Waals surface area (Å²) in [6.07, 6.45) is 0. The van der Waals surface area contributed by atoms with Crippen molar-refractivity contribution in [3.63, 3.8) is 0 Å². The maximum absolute atomic E-state index is 11.7. The standard InChI is InChI=1S/C22H16O4S/c1-25-16-10-11-19-18(13-16)20(21(27-19)22(23)24)26-17-9-5-8-15(12-17)14-6-3-2-4-7-14/h2-13H,1H3,(H,23,24). The van der Waals surface area contributed by atoms with E-state index in [0.717, 1.165) is 21.2 Å². The molecule has 0 saturated heterocycles. The Morgan fingerprint density at radius 2 is 1.67 bits per heavy atom. The fourth-order valence-corrected chi connectivity index (χ4v) is 3.86. The summed E-state index contributed by atoms with van der Waals surface area (Å²) in [5.74, 6) is 0.567. The van der Waals surface area contributed by atoms with Gasteiger partial charge in [-0.2, -0.15) is 0 Å². The van der Waals surface area contributed by atoms with E-state index in [1.54, 1.807) is 13.2 Å². The van der Waals surface area contributed by atoms with Crippen LogP contribution in [0.1, 0.15) is 9.67 Å². The Labute approximate surface area is 160 Å². The number of ether oxygens (including phenoxy) is 2. The van der Waals surface area contributed by atoms with Crippen LogP contribution in [0.4, 0.5) is 0 Å². The summed E-state index contributed by atoms with van der Waals surface area (Å²) < 4.78 is 12.2. The Bertz CT molecular complexity index is 1120. The van der Waals surface area contributed by atoms with Crippen LogP contribution < -0.4 is 9.47 Å². The Balaban J connectivity index is 1.79. The number of hydrogen-bond acceptors (Lipinski definition) is 4. The molecule has 0 spiro atoms. The Kier molecular flexibility index (Phi) is 4.52. The van der Waals surface area contributed by atoms with E-state index in [2.05, 4.69) is 0 Å². The van der Waals surface area contributed by atoms with Gasteiger partial charge in [-0.3, -0.25) is 0 Å². The van der Waals surface area contributed by atoms with E-state index in [-0.39, 0.29) is 4.88 Å². The van der Waals surface area contributed by atoms with Crippen molar-refractivity contribution in [2.24, 2.45) is 0 Å². The molecule has 1 N–H and O–H groups in total. The van der Waals surface area contributed by atoms with Gasteiger partial charge in [-0.1, -0.05) is 42.5 Å². The van der Waals surface area contributed by atoms with E-state index >= 15 is 0 Å². The van der Waals surface area contributed by atoms with Crippen LogP contribution in [0.15, 0.2) is 72.8 Å². The van der Waals surface area contributed by atoms with E-state index in [4.69, 9.17) is 9.47 Å². The summed E-state index contributed by atoms with van der Waals surface area (Å²) in [6, 6.07) is 23.0. The molecule has 0 saturated carbocycles. The molecule has 0 radical (unpaired) electrons. The molecule has 4 nitrogen and oxygen atoms in total. The summed E-state index contributed by atoms with van der Waals surface area (Å²) in [7, 11) is 1.58. The fourth-order valence-electron chi connectivity index (χ4n) is 2.91. The third-order valence-corrected chi connectivity index (χ3v) is 5.34. The first-order valence-corrected chi connectivity index (χ1v) is 9.14. The summed E-state index contributed by atoms with van der Waals surface area (Å²) >= 11 is 1.19. The molecule has 5 heteroatoms. The van der Waals surface area contributed by atoms with Crippen LogP contribution in [-0.4, -0.2) is 18.2 Å². The zero-order chi connectivity index (χ0) is 18.8. The molecular formula is C22H16O4S. The van der Waals surface area contributed by atoms with Gasteiger partial charge in [-0.25, -0.2) is 4.79 Å². The van der Waals surface area contributed by atoms with Crippen LogP contribution in [-0.2, 0) is 0 Å². The van der Waals surface area contributed by atoms with E-state index in [9.17, 15) is 9.90 Å². The van der Waals surface area contributed by atoms with Crippen molar-refractivity contribution in [1.82, 2.24) is 0 Å². The first kappa shape index (κ1) is 17.1. The highest BCUT2D eigenvalue weighted by atomic mass is 32.1. The predicted molar refractivity (Wildman–Crippen MR) is 107 cm³/mol. The molecule has 0 aliphatic carbocycles. The molecule has 1 aromatic heterocycles. The van der Waals surface area contributed by atoms with E-state index < -0.39 is 5.97 Å². The molecule has 0 amide bonds. The molecule has 3 aromatic carbocycles. The minimum Gasteiger partial charge on any atom is -0.497 e. The molecule has 0 aliphatic heterocycles. The maximum Gasteiger partial charge on any atom is 0.349 e. The minimum absolute atomic E-state index is 0.170. The lowest BCUT2D eigenvalue weighted by atomic mass is 10.1. The molecule has 27 heavy (non-hydrogen) atoms. The number of rotatable bonds is 5. The Morgan fingerprint density at radius 1 is 0.889 bits per heavy atom. The van der Waals surface area contributed by atoms with Crippen LogP contribution in [0.5, 0.6) is 17.2 Å². The first-order chi connectivity index (χ1) is 13.2. The van der Waals surface area contributed by atoms with Crippen molar-refractivity contribution in [1.29, 1.82) is 0 Å². The quantitative estimate of drug-likeness (QED) is 0.459. The van der Waals surface area contributed by atoms with E-state index in [1.807, 2.05) is 66.7 Å². The summed E-state index contributed by atoms with van der Waals surface area (Å²) in [4.78, 5) is 11.9. The van der Waals surface area contributed by atoms with Gasteiger partial charge in [0.25, 0.3) is 0 Å². The molecule has 0 atom stereocenters. The van der Waals surface area contributed by atoms with Gasteiger partial charge >= 0.3 is 5.97 Å². The van der Waals surface area contributed by atoms with Crippen LogP contribution >= 0.6 is 11.3 Å². The molecule has 0 fully saturated rings. The van der Waals surface area contributed by atoms with Crippen molar-refractivity contribution < 1.29 is 19.4 Å². The van der Waals surface area contributed by atoms with Crippen molar-refractivity contribution in [3.05, 3.63) is 77.7 Å². The molecule has 0 unspecified atom stereocenters. The number of carboxylic acids is 1. The third kappa shape index (κ3) is 3.37. The lowest BCUT2D eigenvalue weighted by molar-refractivity contribution is 0.0700. The van der Waals surface area contributed by atoms with Gasteiger partial charge in [-0.15, -0.1) is 11.3 Å². The minimum atomic E-state index is -1.01. The van der Waals surface area contributed by atoms with E-state index in [1.165, 1.54) is 11.3 Å². The van der Waals surface area contributed by atoms with Crippen LogP contribution in [0, 0.1) is 0 Å². The monoisotopic (exact) mass is 376 g/mol. The van der Waals surface area contributed by atoms with Gasteiger partial charge in [0.05, 0.1) is 7.11 Å². The maximum atomic E-state index is 11.7. The van der Waals surface area contributed by atoms with Gasteiger partial charge in [0.2, 0.25) is 0 Å². The number of methoxy groups -OCH3 is 1. The lowest BCUT2D eigenvalue weighted by Crippen LogP contribution is -1.96. The zero-order valence-electron chi connectivity index (χ0n) is 14.5. The number of carboxylic acid groups (broad SMARTS) is 1. The van der Waals surface area contributed by atoms with Gasteiger partial charge in [0.15, 0.2) is 10.6 Å². The van der Waals surface area contributed by atoms with Gasteiger partial charge in [0.1, 0.15) is 11.5 Å². The van der Waals surface area contributed by atoms with Gasteiger partial charge in [0, 0.05) is 10.1 Å². The Hall–Kier alpha value is -3.31. The SMILES string of the molecule is COc1ccc2sc(C(=O)O)c(Oc3cccc(-c4ccccc4)c3)c2c1. The average molecular weight is 376 g/mol. The zero-order valence-corrected chi connectivity index (χ0v) is 15.3. The second-order valence-electron chi connectivity index (χ2n) is 5.92. The van der Waals surface area contributed by atoms with Crippen molar-refractivity contribution in [3.8, 4) is 28.4 Å². The summed E-state index contributed by atoms with van der Waals surface area (Å²) in [5, 5.41) is 10.3. The molecule has 0 bridgehead atoms. The molecule has 0 aliphatic rings. The normalized spacial score (nSPS) is 10.7. The topological polar surface area (TPSA) is 55.8 Å². The highest BCUT2D eigenvalue weighted by Crippen LogP contribution is 2.42. The van der Waals surface area contributed by atoms with Crippen molar-refractivity contribution in [2.45, 2.75) is 0 Å². The van der Waals surface area contributed by atoms with E-state index in [0.29, 0.717) is 17.2 Å². The smallest absolute Gasteiger partial charge is 0.349 e. The molecule has 134 valence electrons. The molecule has 4 rings (SSSR count). The highest BCUT2D eigenvalue weighted by molar-refractivity contribution is 7.21. The average Bonchev–Trinajstić information content (AvgIpc) is 3.07. The number of thiophene rings is 1. The van der Waals surface area contributed by atoms with Crippen LogP contribution in [0.2, 0.25) is 0 Å². The van der Waals surface area contributed by atoms with Crippen LogP contribution in [0.25, 0.3) is 21.2 Å². The van der Waals surface area contributed by atoms with Crippen molar-refractivity contribution >= 4 is 27.4 Å². The molecule has 1 heterocycles. The summed E-state index contributed by atoms with van der Waals surface area (Å²) in [5.41, 5.74) is 2.07. The highest BCUT2D eigenvalue weighted by Gasteiger charge is 2.20.